The highest BCUT2D eigenvalue weighted by molar-refractivity contribution is 8.00. The smallest absolute Gasteiger partial charge is 0.319 e. The molecule has 2 aliphatic rings. The van der Waals surface area contributed by atoms with Crippen molar-refractivity contribution < 1.29 is 9.53 Å². The van der Waals surface area contributed by atoms with Gasteiger partial charge in [0.25, 0.3) is 0 Å². The van der Waals surface area contributed by atoms with Crippen LogP contribution < -0.4 is 0 Å². The Morgan fingerprint density at radius 2 is 2.21 bits per heavy atom. The zero-order valence-electron chi connectivity index (χ0n) is 11.0. The van der Waals surface area contributed by atoms with E-state index in [2.05, 4.69) is 34.1 Å². The van der Waals surface area contributed by atoms with E-state index in [1.807, 2.05) is 17.8 Å². The molecule has 102 valence electrons. The Morgan fingerprint density at radius 3 is 2.95 bits per heavy atom. The number of carbonyl (C=O) groups excluding carboxylic acids is 1. The molecule has 1 aromatic rings. The number of thioether (sulfide) groups is 1. The normalized spacial score (nSPS) is 27.4. The predicted molar refractivity (Wildman–Crippen MR) is 75.7 cm³/mol. The molecule has 19 heavy (non-hydrogen) atoms. The van der Waals surface area contributed by atoms with Crippen molar-refractivity contribution in [3.63, 3.8) is 0 Å². The van der Waals surface area contributed by atoms with Gasteiger partial charge in [-0.05, 0) is 5.56 Å². The number of rotatable bonds is 3. The summed E-state index contributed by atoms with van der Waals surface area (Å²) >= 11 is 1.92. The molecule has 2 atom stereocenters. The molecule has 1 aromatic carbocycles. The largest absolute Gasteiger partial charge is 0.468 e. The lowest BCUT2D eigenvalue weighted by molar-refractivity contribution is -0.142. The third kappa shape index (κ3) is 2.50. The fraction of sp³-hybridized carbons (Fsp3) is 0.500. The van der Waals surface area contributed by atoms with Gasteiger partial charge in [-0.2, -0.15) is 0 Å². The van der Waals surface area contributed by atoms with Crippen molar-refractivity contribution in [2.75, 3.05) is 32.5 Å². The highest BCUT2D eigenvalue weighted by atomic mass is 32.2. The monoisotopic (exact) mass is 278 g/mol. The second-order valence-electron chi connectivity index (χ2n) is 4.87. The zero-order valence-corrected chi connectivity index (χ0v) is 11.8. The molecule has 0 radical (unpaired) electrons. The van der Waals surface area contributed by atoms with Crippen molar-refractivity contribution in [2.45, 2.75) is 11.5 Å². The van der Waals surface area contributed by atoms with E-state index < -0.39 is 0 Å². The lowest BCUT2D eigenvalue weighted by Gasteiger charge is -2.27. The third-order valence-electron chi connectivity index (χ3n) is 3.77. The van der Waals surface area contributed by atoms with Crippen LogP contribution >= 0.6 is 11.8 Å². The molecular formula is C14H18N2O2S. The minimum atomic E-state index is -0.157. The molecule has 2 saturated heterocycles. The molecule has 2 heterocycles. The lowest BCUT2D eigenvalue weighted by Crippen LogP contribution is -2.37. The molecule has 4 nitrogen and oxygen atoms in total. The first-order valence-corrected chi connectivity index (χ1v) is 7.57. The first-order valence-electron chi connectivity index (χ1n) is 6.53. The van der Waals surface area contributed by atoms with Crippen LogP contribution in [0, 0.1) is 0 Å². The van der Waals surface area contributed by atoms with Crippen molar-refractivity contribution in [3.05, 3.63) is 35.9 Å². The summed E-state index contributed by atoms with van der Waals surface area (Å²) in [4.78, 5) is 16.4. The van der Waals surface area contributed by atoms with E-state index in [0.29, 0.717) is 12.0 Å². The molecule has 0 saturated carbocycles. The van der Waals surface area contributed by atoms with Crippen LogP contribution in [0.25, 0.3) is 0 Å². The van der Waals surface area contributed by atoms with E-state index in [0.717, 1.165) is 18.8 Å². The highest BCUT2D eigenvalue weighted by Gasteiger charge is 2.43. The van der Waals surface area contributed by atoms with Crippen LogP contribution in [-0.4, -0.2) is 53.8 Å². The standard InChI is InChI=1S/C14H18N2O2S/c1-18-13(17)10-16-12(11-5-3-2-4-6-11)9-15-7-8-19-14(15)16/h2-6,12,14H,7-10H2,1H3. The zero-order chi connectivity index (χ0) is 13.2. The van der Waals surface area contributed by atoms with Crippen molar-refractivity contribution >= 4 is 17.7 Å². The second-order valence-corrected chi connectivity index (χ2v) is 6.03. The van der Waals surface area contributed by atoms with Crippen molar-refractivity contribution in [1.29, 1.82) is 0 Å². The average molecular weight is 278 g/mol. The fourth-order valence-electron chi connectivity index (χ4n) is 2.83. The number of nitrogens with zero attached hydrogens (tertiary/aromatic N) is 2. The van der Waals surface area contributed by atoms with Gasteiger partial charge in [-0.1, -0.05) is 30.3 Å². The van der Waals surface area contributed by atoms with Gasteiger partial charge < -0.3 is 4.74 Å². The summed E-state index contributed by atoms with van der Waals surface area (Å²) in [5.74, 6) is 0.986. The maximum Gasteiger partial charge on any atom is 0.319 e. The lowest BCUT2D eigenvalue weighted by atomic mass is 10.1. The van der Waals surface area contributed by atoms with E-state index in [-0.39, 0.29) is 12.0 Å². The van der Waals surface area contributed by atoms with Crippen LogP contribution in [-0.2, 0) is 9.53 Å². The summed E-state index contributed by atoms with van der Waals surface area (Å²) in [5.41, 5.74) is 1.60. The molecule has 0 spiro atoms. The molecule has 0 amide bonds. The molecule has 2 aliphatic heterocycles. The highest BCUT2D eigenvalue weighted by Crippen LogP contribution is 2.40. The molecule has 2 fully saturated rings. The molecule has 3 rings (SSSR count). The fourth-order valence-corrected chi connectivity index (χ4v) is 4.20. The summed E-state index contributed by atoms with van der Waals surface area (Å²) in [6, 6.07) is 10.7. The van der Waals surface area contributed by atoms with E-state index in [4.69, 9.17) is 4.74 Å². The minimum absolute atomic E-state index is 0.157. The summed E-state index contributed by atoms with van der Waals surface area (Å²) < 4.78 is 4.84. The molecule has 2 unspecified atom stereocenters. The SMILES string of the molecule is COC(=O)CN1C(c2ccccc2)CN2CCSC21. The Morgan fingerprint density at radius 1 is 1.42 bits per heavy atom. The Labute approximate surface area is 117 Å². The van der Waals surface area contributed by atoms with Gasteiger partial charge >= 0.3 is 5.97 Å². The van der Waals surface area contributed by atoms with Gasteiger partial charge in [0, 0.05) is 18.8 Å². The maximum atomic E-state index is 11.6. The first kappa shape index (κ1) is 13.0. The number of benzene rings is 1. The van der Waals surface area contributed by atoms with Crippen LogP contribution in [0.5, 0.6) is 0 Å². The minimum Gasteiger partial charge on any atom is -0.468 e. The van der Waals surface area contributed by atoms with Crippen LogP contribution in [0.3, 0.4) is 0 Å². The quantitative estimate of drug-likeness (QED) is 0.783. The topological polar surface area (TPSA) is 32.8 Å². The summed E-state index contributed by atoms with van der Waals surface area (Å²) in [6.45, 7) is 2.47. The predicted octanol–water partition coefficient (Wildman–Crippen LogP) is 1.55. The number of hydrogen-bond donors (Lipinski definition) is 0. The molecule has 0 N–H and O–H groups in total. The summed E-state index contributed by atoms with van der Waals surface area (Å²) in [6.07, 6.45) is 0. The van der Waals surface area contributed by atoms with E-state index in [1.165, 1.54) is 12.7 Å². The van der Waals surface area contributed by atoms with E-state index in [9.17, 15) is 4.79 Å². The average Bonchev–Trinajstić information content (AvgIpc) is 3.02. The van der Waals surface area contributed by atoms with E-state index >= 15 is 0 Å². The van der Waals surface area contributed by atoms with Crippen molar-refractivity contribution in [2.24, 2.45) is 0 Å². The van der Waals surface area contributed by atoms with Crippen LogP contribution in [0.4, 0.5) is 0 Å². The van der Waals surface area contributed by atoms with Crippen molar-refractivity contribution in [1.82, 2.24) is 9.80 Å². The Bertz CT molecular complexity index is 454. The van der Waals surface area contributed by atoms with Crippen LogP contribution in [0.15, 0.2) is 30.3 Å². The molecule has 0 bridgehead atoms. The van der Waals surface area contributed by atoms with Gasteiger partial charge in [0.05, 0.1) is 19.7 Å². The molecule has 0 aromatic heterocycles. The summed E-state index contributed by atoms with van der Waals surface area (Å²) in [5, 5.41) is 0. The van der Waals surface area contributed by atoms with E-state index in [1.54, 1.807) is 0 Å². The maximum absolute atomic E-state index is 11.6. The van der Waals surface area contributed by atoms with Gasteiger partial charge in [0.1, 0.15) is 5.50 Å². The first-order chi connectivity index (χ1) is 9.29. The van der Waals surface area contributed by atoms with Gasteiger partial charge in [0.15, 0.2) is 0 Å². The number of carbonyl (C=O) groups is 1. The van der Waals surface area contributed by atoms with Crippen molar-refractivity contribution in [3.8, 4) is 0 Å². The Hall–Kier alpha value is -1.04. The number of fused-ring (bicyclic) bond motifs is 1. The molecular weight excluding hydrogens is 260 g/mol. The molecule has 0 aliphatic carbocycles. The number of esters is 1. The number of methoxy groups -OCH3 is 1. The number of ether oxygens (including phenoxy) is 1. The Balaban J connectivity index is 1.83. The van der Waals surface area contributed by atoms with Gasteiger partial charge in [0.2, 0.25) is 0 Å². The van der Waals surface area contributed by atoms with Crippen LogP contribution in [0.1, 0.15) is 11.6 Å². The molecule has 5 heteroatoms. The van der Waals surface area contributed by atoms with Crippen LogP contribution in [0.2, 0.25) is 0 Å². The van der Waals surface area contributed by atoms with Gasteiger partial charge in [-0.25, -0.2) is 0 Å². The van der Waals surface area contributed by atoms with Gasteiger partial charge in [-0.15, -0.1) is 11.8 Å². The number of hydrogen-bond acceptors (Lipinski definition) is 5. The third-order valence-corrected chi connectivity index (χ3v) is 5.06. The van der Waals surface area contributed by atoms with Gasteiger partial charge in [-0.3, -0.25) is 14.6 Å². The Kier molecular flexibility index (Phi) is 3.77. The second kappa shape index (κ2) is 5.53. The summed E-state index contributed by atoms with van der Waals surface area (Å²) in [7, 11) is 1.45.